The minimum atomic E-state index is -0.0895. The van der Waals surface area contributed by atoms with E-state index >= 15 is 0 Å². The van der Waals surface area contributed by atoms with Crippen molar-refractivity contribution in [2.45, 2.75) is 13.0 Å². The third kappa shape index (κ3) is 4.01. The summed E-state index contributed by atoms with van der Waals surface area (Å²) in [5.41, 5.74) is 5.06. The monoisotopic (exact) mass is 411 g/mol. The first-order valence-electron chi connectivity index (χ1n) is 9.20. The number of rotatable bonds is 5. The molecule has 0 fully saturated rings. The molecule has 0 spiro atoms. The van der Waals surface area contributed by atoms with Gasteiger partial charge in [0.15, 0.2) is 0 Å². The minimum Gasteiger partial charge on any atom is -0.378 e. The van der Waals surface area contributed by atoms with Crippen molar-refractivity contribution in [2.75, 3.05) is 35.8 Å². The predicted octanol–water partition coefficient (Wildman–Crippen LogP) is 5.28. The van der Waals surface area contributed by atoms with Crippen LogP contribution in [0.2, 0.25) is 4.34 Å². The summed E-state index contributed by atoms with van der Waals surface area (Å²) >= 11 is 7.67. The minimum absolute atomic E-state index is 0.0895. The Hall–Kier alpha value is -2.50. The molecule has 28 heavy (non-hydrogen) atoms. The standard InChI is InChI=1S/C22H22ClN3OS/c1-25(2)18-6-3-15(4-7-18)22(27)24-17-5-9-20-16(13-17)11-12-26(20)14-19-8-10-21(23)28-19/h3-10,13H,11-12,14H2,1-2H3,(H,24,27). The van der Waals surface area contributed by atoms with Crippen molar-refractivity contribution < 1.29 is 4.79 Å². The van der Waals surface area contributed by atoms with Crippen LogP contribution < -0.4 is 15.1 Å². The lowest BCUT2D eigenvalue weighted by Gasteiger charge is -2.18. The molecule has 3 aromatic rings. The van der Waals surface area contributed by atoms with Crippen LogP contribution in [0, 0.1) is 0 Å². The summed E-state index contributed by atoms with van der Waals surface area (Å²) in [5.74, 6) is -0.0895. The summed E-state index contributed by atoms with van der Waals surface area (Å²) in [6.07, 6.45) is 0.982. The summed E-state index contributed by atoms with van der Waals surface area (Å²) in [6, 6.07) is 17.8. The van der Waals surface area contributed by atoms with E-state index in [0.29, 0.717) is 5.56 Å². The Balaban J connectivity index is 1.45. The molecule has 1 aliphatic heterocycles. The van der Waals surface area contributed by atoms with E-state index in [1.807, 2.05) is 55.4 Å². The van der Waals surface area contributed by atoms with Crippen LogP contribution in [0.25, 0.3) is 0 Å². The van der Waals surface area contributed by atoms with Crippen LogP contribution in [0.1, 0.15) is 20.8 Å². The second-order valence-corrected chi connectivity index (χ2v) is 8.92. The maximum Gasteiger partial charge on any atom is 0.255 e. The van der Waals surface area contributed by atoms with Gasteiger partial charge in [0.05, 0.1) is 10.9 Å². The van der Waals surface area contributed by atoms with E-state index in [9.17, 15) is 4.79 Å². The van der Waals surface area contributed by atoms with Gasteiger partial charge in [0.25, 0.3) is 5.91 Å². The SMILES string of the molecule is CN(C)c1ccc(C(=O)Nc2ccc3c(c2)CCN3Cc2ccc(Cl)s2)cc1. The molecular weight excluding hydrogens is 390 g/mol. The van der Waals surface area contributed by atoms with E-state index in [2.05, 4.69) is 28.4 Å². The Morgan fingerprint density at radius 3 is 2.61 bits per heavy atom. The number of thiophene rings is 1. The maximum atomic E-state index is 12.6. The van der Waals surface area contributed by atoms with Crippen molar-refractivity contribution in [3.05, 3.63) is 74.9 Å². The van der Waals surface area contributed by atoms with Gasteiger partial charge in [-0.3, -0.25) is 4.79 Å². The smallest absolute Gasteiger partial charge is 0.255 e. The van der Waals surface area contributed by atoms with Crippen LogP contribution >= 0.6 is 22.9 Å². The first-order valence-corrected chi connectivity index (χ1v) is 10.4. The van der Waals surface area contributed by atoms with Gasteiger partial charge in [0.2, 0.25) is 0 Å². The molecule has 0 saturated heterocycles. The largest absolute Gasteiger partial charge is 0.378 e. The van der Waals surface area contributed by atoms with Crippen LogP contribution in [0.3, 0.4) is 0 Å². The Morgan fingerprint density at radius 1 is 1.14 bits per heavy atom. The fourth-order valence-corrected chi connectivity index (χ4v) is 4.55. The van der Waals surface area contributed by atoms with Crippen LogP contribution in [0.5, 0.6) is 0 Å². The molecule has 2 aromatic carbocycles. The Morgan fingerprint density at radius 2 is 1.93 bits per heavy atom. The Bertz CT molecular complexity index is 997. The lowest BCUT2D eigenvalue weighted by Crippen LogP contribution is -2.18. The van der Waals surface area contributed by atoms with Crippen molar-refractivity contribution in [3.63, 3.8) is 0 Å². The number of carbonyl (C=O) groups excluding carboxylic acids is 1. The predicted molar refractivity (Wildman–Crippen MR) is 119 cm³/mol. The van der Waals surface area contributed by atoms with Gasteiger partial charge in [-0.05, 0) is 66.6 Å². The molecular formula is C22H22ClN3OS. The molecule has 2 heterocycles. The first kappa shape index (κ1) is 18.8. The molecule has 1 N–H and O–H groups in total. The molecule has 0 aliphatic carbocycles. The lowest BCUT2D eigenvalue weighted by molar-refractivity contribution is 0.102. The molecule has 144 valence electrons. The molecule has 1 aliphatic rings. The van der Waals surface area contributed by atoms with Gasteiger partial charge in [0, 0.05) is 48.1 Å². The zero-order chi connectivity index (χ0) is 19.7. The highest BCUT2D eigenvalue weighted by Crippen LogP contribution is 2.33. The molecule has 0 radical (unpaired) electrons. The highest BCUT2D eigenvalue weighted by molar-refractivity contribution is 7.16. The highest BCUT2D eigenvalue weighted by Gasteiger charge is 2.20. The molecule has 0 unspecified atom stereocenters. The van der Waals surface area contributed by atoms with Crippen LogP contribution in [-0.2, 0) is 13.0 Å². The number of fused-ring (bicyclic) bond motifs is 1. The quantitative estimate of drug-likeness (QED) is 0.620. The Labute approximate surface area is 174 Å². The third-order valence-corrected chi connectivity index (χ3v) is 6.17. The molecule has 0 bridgehead atoms. The fourth-order valence-electron chi connectivity index (χ4n) is 3.45. The molecule has 6 heteroatoms. The van der Waals surface area contributed by atoms with E-state index in [4.69, 9.17) is 11.6 Å². The van der Waals surface area contributed by atoms with Crippen molar-refractivity contribution in [1.82, 2.24) is 0 Å². The molecule has 0 atom stereocenters. The number of halogens is 1. The van der Waals surface area contributed by atoms with Gasteiger partial charge in [-0.1, -0.05) is 11.6 Å². The summed E-state index contributed by atoms with van der Waals surface area (Å²) in [7, 11) is 3.96. The zero-order valence-electron chi connectivity index (χ0n) is 15.9. The Kier molecular flexibility index (Phi) is 5.29. The van der Waals surface area contributed by atoms with Crippen molar-refractivity contribution in [1.29, 1.82) is 0 Å². The van der Waals surface area contributed by atoms with Crippen molar-refractivity contribution in [3.8, 4) is 0 Å². The maximum absolute atomic E-state index is 12.6. The van der Waals surface area contributed by atoms with E-state index in [-0.39, 0.29) is 5.91 Å². The van der Waals surface area contributed by atoms with E-state index in [1.54, 1.807) is 11.3 Å². The molecule has 4 nitrogen and oxygen atoms in total. The summed E-state index contributed by atoms with van der Waals surface area (Å²) in [6.45, 7) is 1.85. The highest BCUT2D eigenvalue weighted by atomic mass is 35.5. The molecule has 1 aromatic heterocycles. The number of benzene rings is 2. The summed E-state index contributed by atoms with van der Waals surface area (Å²) in [5, 5.41) is 3.02. The van der Waals surface area contributed by atoms with Gasteiger partial charge in [-0.25, -0.2) is 0 Å². The van der Waals surface area contributed by atoms with E-state index in [0.717, 1.165) is 35.2 Å². The normalized spacial score (nSPS) is 12.8. The summed E-state index contributed by atoms with van der Waals surface area (Å²) < 4.78 is 0.825. The van der Waals surface area contributed by atoms with Crippen LogP contribution in [0.4, 0.5) is 17.1 Å². The second kappa shape index (κ2) is 7.86. The van der Waals surface area contributed by atoms with Gasteiger partial charge < -0.3 is 15.1 Å². The number of nitrogens with zero attached hydrogens (tertiary/aromatic N) is 2. The van der Waals surface area contributed by atoms with Gasteiger partial charge in [-0.2, -0.15) is 0 Å². The topological polar surface area (TPSA) is 35.6 Å². The van der Waals surface area contributed by atoms with Gasteiger partial charge >= 0.3 is 0 Å². The molecule has 0 saturated carbocycles. The first-order chi connectivity index (χ1) is 13.5. The van der Waals surface area contributed by atoms with Gasteiger partial charge in [-0.15, -0.1) is 11.3 Å². The number of carbonyl (C=O) groups is 1. The van der Waals surface area contributed by atoms with Gasteiger partial charge in [0.1, 0.15) is 0 Å². The average molecular weight is 412 g/mol. The van der Waals surface area contributed by atoms with E-state index in [1.165, 1.54) is 16.1 Å². The number of nitrogens with one attached hydrogen (secondary N) is 1. The zero-order valence-corrected chi connectivity index (χ0v) is 17.5. The van der Waals surface area contributed by atoms with Crippen LogP contribution in [0.15, 0.2) is 54.6 Å². The number of amides is 1. The van der Waals surface area contributed by atoms with Crippen LogP contribution in [-0.4, -0.2) is 26.5 Å². The van der Waals surface area contributed by atoms with Crippen molar-refractivity contribution in [2.24, 2.45) is 0 Å². The van der Waals surface area contributed by atoms with Crippen molar-refractivity contribution >= 4 is 45.9 Å². The lowest BCUT2D eigenvalue weighted by atomic mass is 10.1. The molecule has 1 amide bonds. The number of anilines is 3. The number of hydrogen-bond donors (Lipinski definition) is 1. The fraction of sp³-hybridized carbons (Fsp3) is 0.227. The third-order valence-electron chi connectivity index (χ3n) is 4.95. The summed E-state index contributed by atoms with van der Waals surface area (Å²) in [4.78, 5) is 18.2. The average Bonchev–Trinajstić information content (AvgIpc) is 3.28. The second-order valence-electron chi connectivity index (χ2n) is 7.12. The number of hydrogen-bond acceptors (Lipinski definition) is 4. The van der Waals surface area contributed by atoms with E-state index < -0.39 is 0 Å². The molecule has 4 rings (SSSR count).